The number of rotatable bonds is 11. The molecule has 0 radical (unpaired) electrons. The third-order valence-electron chi connectivity index (χ3n) is 13.0. The van der Waals surface area contributed by atoms with Crippen molar-refractivity contribution < 1.29 is 19.4 Å². The number of allylic oxidation sites excluding steroid dienone is 1. The van der Waals surface area contributed by atoms with Gasteiger partial charge in [-0.05, 0) is 137 Å². The number of esters is 1. The number of aliphatic hydroxyl groups is 1. The van der Waals surface area contributed by atoms with Crippen LogP contribution in [0.5, 0.6) is 0 Å². The van der Waals surface area contributed by atoms with Crippen molar-refractivity contribution in [2.45, 2.75) is 131 Å². The molecule has 212 valence electrons. The fraction of sp³-hybridized carbons (Fsp3) is 0.909. The van der Waals surface area contributed by atoms with Gasteiger partial charge in [-0.25, -0.2) is 0 Å². The fourth-order valence-corrected chi connectivity index (χ4v) is 10.8. The summed E-state index contributed by atoms with van der Waals surface area (Å²) >= 11 is 0. The molecule has 1 N–H and O–H groups in total. The topological polar surface area (TPSA) is 55.8 Å². The van der Waals surface area contributed by atoms with Gasteiger partial charge in [-0.2, -0.15) is 0 Å². The Balaban J connectivity index is 1.52. The maximum Gasteiger partial charge on any atom is 0.305 e. The summed E-state index contributed by atoms with van der Waals surface area (Å²) in [5.74, 6) is 2.54. The van der Waals surface area contributed by atoms with Crippen LogP contribution in [0, 0.1) is 45.3 Å². The highest BCUT2D eigenvalue weighted by Crippen LogP contribution is 2.87. The highest BCUT2D eigenvalue weighted by molar-refractivity contribution is 5.69. The molecular formula is C33H56O4. The molecule has 4 saturated carbocycles. The van der Waals surface area contributed by atoms with Crippen molar-refractivity contribution in [2.75, 3.05) is 13.7 Å². The zero-order valence-electron chi connectivity index (χ0n) is 25.3. The summed E-state index contributed by atoms with van der Waals surface area (Å²) in [5, 5.41) is 10.9. The zero-order chi connectivity index (χ0) is 27.4. The third-order valence-corrected chi connectivity index (χ3v) is 13.0. The minimum atomic E-state index is -0.485. The van der Waals surface area contributed by atoms with Gasteiger partial charge in [0.2, 0.25) is 0 Å². The van der Waals surface area contributed by atoms with E-state index in [1.165, 1.54) is 57.6 Å². The van der Waals surface area contributed by atoms with Gasteiger partial charge in [-0.1, -0.05) is 32.9 Å². The van der Waals surface area contributed by atoms with Crippen LogP contribution < -0.4 is 0 Å². The van der Waals surface area contributed by atoms with Gasteiger partial charge in [-0.15, -0.1) is 0 Å². The SMILES string of the molecule is C=C(C)[C@@H]1CC[C@@H]2[C@]3(CC[C@]4(C)[C@@H]([C@H](C)CC[C@@H](O)C(C)(C)OCC)CC[C@@]24C)C[C@]13CCC(=O)OC. The Kier molecular flexibility index (Phi) is 7.83. The van der Waals surface area contributed by atoms with E-state index in [1.54, 1.807) is 0 Å². The summed E-state index contributed by atoms with van der Waals surface area (Å²) in [5.41, 5.74) is 2.16. The average molecular weight is 517 g/mol. The quantitative estimate of drug-likeness (QED) is 0.225. The Bertz CT molecular complexity index is 880. The lowest BCUT2D eigenvalue weighted by atomic mass is 9.43. The first kappa shape index (κ1) is 29.1. The van der Waals surface area contributed by atoms with E-state index in [0.717, 1.165) is 25.2 Å². The first-order chi connectivity index (χ1) is 17.2. The summed E-state index contributed by atoms with van der Waals surface area (Å²) in [6.07, 6.45) is 12.0. The second-order valence-corrected chi connectivity index (χ2v) is 14.7. The zero-order valence-corrected chi connectivity index (χ0v) is 25.3. The highest BCUT2D eigenvalue weighted by Gasteiger charge is 2.80. The molecule has 0 heterocycles. The molecule has 37 heavy (non-hydrogen) atoms. The van der Waals surface area contributed by atoms with Crippen molar-refractivity contribution in [1.29, 1.82) is 0 Å². The Morgan fingerprint density at radius 1 is 1.11 bits per heavy atom. The normalized spacial score (nSPS) is 42.2. The van der Waals surface area contributed by atoms with E-state index in [1.807, 2.05) is 20.8 Å². The van der Waals surface area contributed by atoms with Crippen LogP contribution in [0.4, 0.5) is 0 Å². The van der Waals surface area contributed by atoms with Crippen LogP contribution in [0.1, 0.15) is 119 Å². The largest absolute Gasteiger partial charge is 0.469 e. The van der Waals surface area contributed by atoms with Gasteiger partial charge in [0.05, 0.1) is 18.8 Å². The minimum Gasteiger partial charge on any atom is -0.469 e. The van der Waals surface area contributed by atoms with Gasteiger partial charge < -0.3 is 14.6 Å². The number of ether oxygens (including phenoxy) is 2. The number of carbonyl (C=O) groups excluding carboxylic acids is 1. The third kappa shape index (κ3) is 4.35. The lowest BCUT2D eigenvalue weighted by molar-refractivity contribution is -0.143. The van der Waals surface area contributed by atoms with Crippen LogP contribution in [0.3, 0.4) is 0 Å². The molecule has 0 saturated heterocycles. The van der Waals surface area contributed by atoms with Gasteiger partial charge in [0, 0.05) is 13.0 Å². The Morgan fingerprint density at radius 3 is 2.43 bits per heavy atom. The van der Waals surface area contributed by atoms with Crippen LogP contribution in [-0.2, 0) is 14.3 Å². The molecule has 4 aliphatic carbocycles. The number of hydrogen-bond acceptors (Lipinski definition) is 4. The minimum absolute atomic E-state index is 0.0599. The predicted octanol–water partition coefficient (Wildman–Crippen LogP) is 7.73. The number of methoxy groups -OCH3 is 1. The molecule has 4 rings (SSSR count). The van der Waals surface area contributed by atoms with Crippen molar-refractivity contribution in [2.24, 2.45) is 45.3 Å². The molecule has 4 nitrogen and oxygen atoms in total. The molecule has 9 atom stereocenters. The number of carbonyl (C=O) groups is 1. The van der Waals surface area contributed by atoms with Gasteiger partial charge in [0.25, 0.3) is 0 Å². The van der Waals surface area contributed by atoms with Gasteiger partial charge in [-0.3, -0.25) is 4.79 Å². The molecule has 0 unspecified atom stereocenters. The lowest BCUT2D eigenvalue weighted by Gasteiger charge is -2.61. The van der Waals surface area contributed by atoms with E-state index in [9.17, 15) is 9.90 Å². The van der Waals surface area contributed by atoms with Crippen LogP contribution in [0.2, 0.25) is 0 Å². The maximum absolute atomic E-state index is 12.2. The predicted molar refractivity (Wildman–Crippen MR) is 150 cm³/mol. The molecule has 0 aromatic heterocycles. The Hall–Kier alpha value is -0.870. The Morgan fingerprint density at radius 2 is 1.81 bits per heavy atom. The van der Waals surface area contributed by atoms with E-state index in [0.29, 0.717) is 47.0 Å². The lowest BCUT2D eigenvalue weighted by Crippen LogP contribution is -2.54. The monoisotopic (exact) mass is 516 g/mol. The average Bonchev–Trinajstić information content (AvgIpc) is 3.43. The summed E-state index contributed by atoms with van der Waals surface area (Å²) < 4.78 is 10.9. The number of fused-ring (bicyclic) bond motifs is 2. The van der Waals surface area contributed by atoms with E-state index in [4.69, 9.17) is 9.47 Å². The summed E-state index contributed by atoms with van der Waals surface area (Å²) in [6.45, 7) is 21.0. The van der Waals surface area contributed by atoms with Crippen molar-refractivity contribution in [1.82, 2.24) is 0 Å². The van der Waals surface area contributed by atoms with Crippen LogP contribution in [0.15, 0.2) is 12.2 Å². The molecular weight excluding hydrogens is 460 g/mol. The molecule has 4 aliphatic rings. The van der Waals surface area contributed by atoms with Crippen LogP contribution in [-0.4, -0.2) is 36.5 Å². The summed E-state index contributed by atoms with van der Waals surface area (Å²) in [7, 11) is 1.52. The molecule has 4 heteroatoms. The summed E-state index contributed by atoms with van der Waals surface area (Å²) in [4.78, 5) is 12.2. The van der Waals surface area contributed by atoms with Crippen molar-refractivity contribution in [3.05, 3.63) is 12.2 Å². The first-order valence-electron chi connectivity index (χ1n) is 15.3. The van der Waals surface area contributed by atoms with Gasteiger partial charge in [0.1, 0.15) is 0 Å². The smallest absolute Gasteiger partial charge is 0.305 e. The van der Waals surface area contributed by atoms with E-state index in [-0.39, 0.29) is 11.4 Å². The van der Waals surface area contributed by atoms with E-state index in [2.05, 4.69) is 34.3 Å². The van der Waals surface area contributed by atoms with Gasteiger partial charge in [0.15, 0.2) is 0 Å². The van der Waals surface area contributed by atoms with Crippen molar-refractivity contribution in [3.63, 3.8) is 0 Å². The van der Waals surface area contributed by atoms with Crippen molar-refractivity contribution >= 4 is 5.97 Å². The van der Waals surface area contributed by atoms with Gasteiger partial charge >= 0.3 is 5.97 Å². The maximum atomic E-state index is 12.2. The molecule has 0 aliphatic heterocycles. The van der Waals surface area contributed by atoms with E-state index >= 15 is 0 Å². The molecule has 0 aromatic carbocycles. The number of aliphatic hydroxyl groups excluding tert-OH is 1. The second kappa shape index (κ2) is 9.95. The highest BCUT2D eigenvalue weighted by atomic mass is 16.5. The number of hydrogen-bond donors (Lipinski definition) is 1. The van der Waals surface area contributed by atoms with Crippen LogP contribution in [0.25, 0.3) is 0 Å². The van der Waals surface area contributed by atoms with E-state index < -0.39 is 11.7 Å². The molecule has 0 bridgehead atoms. The molecule has 0 amide bonds. The fourth-order valence-electron chi connectivity index (χ4n) is 10.8. The Labute approximate surface area is 227 Å². The standard InChI is InChI=1S/C33H56O4/c1-10-37-29(5,6)27(34)14-11-23(4)25-15-17-31(8)26-13-12-24(22(2)3)32(18-16-28(35)36-9)21-33(26,32)20-19-30(25,31)7/h23-27,34H,2,10-21H2,1,3-9H3/t23-,24+,25-,26+,27-,30-,31+,32-,33+/m1/s1. The first-order valence-corrected chi connectivity index (χ1v) is 15.3. The second-order valence-electron chi connectivity index (χ2n) is 14.7. The summed E-state index contributed by atoms with van der Waals surface area (Å²) in [6, 6.07) is 0. The molecule has 1 spiro atoms. The van der Waals surface area contributed by atoms with Crippen molar-refractivity contribution in [3.8, 4) is 0 Å². The molecule has 4 fully saturated rings. The molecule has 0 aromatic rings. The van der Waals surface area contributed by atoms with Crippen LogP contribution >= 0.6 is 0 Å².